The number of benzene rings is 1. The van der Waals surface area contributed by atoms with E-state index >= 15 is 0 Å². The van der Waals surface area contributed by atoms with E-state index in [0.717, 1.165) is 31.4 Å². The molecular weight excluding hydrogens is 340 g/mol. The summed E-state index contributed by atoms with van der Waals surface area (Å²) in [5.74, 6) is -0.219. The zero-order valence-corrected chi connectivity index (χ0v) is 16.1. The van der Waals surface area contributed by atoms with Gasteiger partial charge >= 0.3 is 0 Å². The van der Waals surface area contributed by atoms with Crippen molar-refractivity contribution < 1.29 is 9.59 Å². The van der Waals surface area contributed by atoms with Gasteiger partial charge in [0.05, 0.1) is 0 Å². The zero-order valence-electron chi connectivity index (χ0n) is 16.1. The average Bonchev–Trinajstić information content (AvgIpc) is 3.17. The normalized spacial score (nSPS) is 14.7. The van der Waals surface area contributed by atoms with Crippen molar-refractivity contribution in [3.05, 3.63) is 47.3 Å². The molecule has 6 heteroatoms. The van der Waals surface area contributed by atoms with E-state index in [2.05, 4.69) is 22.4 Å². The number of hydrogen-bond acceptors (Lipinski definition) is 3. The highest BCUT2D eigenvalue weighted by molar-refractivity contribution is 6.03. The minimum Gasteiger partial charge on any atom is -0.339 e. The molecule has 6 nitrogen and oxygen atoms in total. The van der Waals surface area contributed by atoms with Gasteiger partial charge in [-0.2, -0.15) is 5.10 Å². The molecule has 2 amide bonds. The highest BCUT2D eigenvalue weighted by atomic mass is 16.2. The number of carbonyl (C=O) groups is 2. The number of carbonyl (C=O) groups excluding carboxylic acids is 2. The van der Waals surface area contributed by atoms with Crippen molar-refractivity contribution in [1.82, 2.24) is 15.1 Å². The Morgan fingerprint density at radius 1 is 1.19 bits per heavy atom. The topological polar surface area (TPSA) is 78.1 Å². The summed E-state index contributed by atoms with van der Waals surface area (Å²) in [5, 5.41) is 9.76. The van der Waals surface area contributed by atoms with Gasteiger partial charge in [-0.05, 0) is 49.6 Å². The van der Waals surface area contributed by atoms with Crippen molar-refractivity contribution in [1.29, 1.82) is 0 Å². The SMILES string of the molecule is CCCc1cc(C(=O)Nc2ccc(C(=O)N(C)C3CCCCC3)cc2)n[nH]1. The molecule has 0 unspecified atom stereocenters. The molecule has 2 N–H and O–H groups in total. The Bertz CT molecular complexity index is 776. The van der Waals surface area contributed by atoms with Crippen LogP contribution in [0.25, 0.3) is 0 Å². The van der Waals surface area contributed by atoms with Crippen molar-refractivity contribution in [2.45, 2.75) is 57.9 Å². The maximum Gasteiger partial charge on any atom is 0.276 e. The minimum atomic E-state index is -0.257. The molecule has 0 atom stereocenters. The number of nitrogens with one attached hydrogen (secondary N) is 2. The molecule has 1 saturated carbocycles. The van der Waals surface area contributed by atoms with Crippen molar-refractivity contribution in [3.8, 4) is 0 Å². The highest BCUT2D eigenvalue weighted by Crippen LogP contribution is 2.23. The van der Waals surface area contributed by atoms with Crippen LogP contribution in [0.4, 0.5) is 5.69 Å². The molecule has 0 bridgehead atoms. The van der Waals surface area contributed by atoms with Gasteiger partial charge in [0.25, 0.3) is 11.8 Å². The molecule has 1 heterocycles. The Hall–Kier alpha value is -2.63. The number of nitrogens with zero attached hydrogens (tertiary/aromatic N) is 2. The van der Waals surface area contributed by atoms with E-state index in [1.807, 2.05) is 11.9 Å². The predicted octanol–water partition coefficient (Wildman–Crippen LogP) is 4.02. The number of anilines is 1. The third kappa shape index (κ3) is 4.76. The summed E-state index contributed by atoms with van der Waals surface area (Å²) in [6, 6.07) is 9.17. The maximum absolute atomic E-state index is 12.7. The standard InChI is InChI=1S/C21H28N4O2/c1-3-7-17-14-19(24-23-17)20(26)22-16-12-10-15(11-13-16)21(27)25(2)18-8-5-4-6-9-18/h10-14,18H,3-9H2,1-2H3,(H,22,26)(H,23,24). The number of aromatic amines is 1. The van der Waals surface area contributed by atoms with Crippen LogP contribution < -0.4 is 5.32 Å². The van der Waals surface area contributed by atoms with Gasteiger partial charge in [0.15, 0.2) is 5.69 Å². The second-order valence-corrected chi connectivity index (χ2v) is 7.27. The fraction of sp³-hybridized carbons (Fsp3) is 0.476. The van der Waals surface area contributed by atoms with Gasteiger partial charge in [0.2, 0.25) is 0 Å². The van der Waals surface area contributed by atoms with Crippen LogP contribution in [0.3, 0.4) is 0 Å². The number of hydrogen-bond donors (Lipinski definition) is 2. The Balaban J connectivity index is 1.60. The number of amides is 2. The molecule has 0 aliphatic heterocycles. The first-order chi connectivity index (χ1) is 13.1. The van der Waals surface area contributed by atoms with Crippen LogP contribution in [0.2, 0.25) is 0 Å². The quantitative estimate of drug-likeness (QED) is 0.808. The Morgan fingerprint density at radius 2 is 1.89 bits per heavy atom. The van der Waals surface area contributed by atoms with Gasteiger partial charge in [-0.15, -0.1) is 0 Å². The number of aromatic nitrogens is 2. The molecule has 1 aromatic heterocycles. The number of aryl methyl sites for hydroxylation is 1. The maximum atomic E-state index is 12.7. The van der Waals surface area contributed by atoms with Crippen molar-refractivity contribution >= 4 is 17.5 Å². The van der Waals surface area contributed by atoms with E-state index in [0.29, 0.717) is 23.0 Å². The van der Waals surface area contributed by atoms with Crippen molar-refractivity contribution in [2.24, 2.45) is 0 Å². The minimum absolute atomic E-state index is 0.0382. The second-order valence-electron chi connectivity index (χ2n) is 7.27. The molecule has 0 radical (unpaired) electrons. The van der Waals surface area contributed by atoms with Crippen LogP contribution in [0.15, 0.2) is 30.3 Å². The van der Waals surface area contributed by atoms with Crippen LogP contribution in [-0.4, -0.2) is 40.0 Å². The first kappa shape index (κ1) is 19.1. The van der Waals surface area contributed by atoms with E-state index in [1.54, 1.807) is 30.3 Å². The van der Waals surface area contributed by atoms with Crippen molar-refractivity contribution in [3.63, 3.8) is 0 Å². The molecule has 27 heavy (non-hydrogen) atoms. The van der Waals surface area contributed by atoms with Crippen LogP contribution in [0.1, 0.15) is 72.0 Å². The Labute approximate surface area is 160 Å². The monoisotopic (exact) mass is 368 g/mol. The molecule has 3 rings (SSSR count). The lowest BCUT2D eigenvalue weighted by atomic mass is 9.94. The lowest BCUT2D eigenvalue weighted by molar-refractivity contribution is 0.0696. The molecule has 144 valence electrons. The fourth-order valence-electron chi connectivity index (χ4n) is 3.60. The van der Waals surface area contributed by atoms with Gasteiger partial charge in [-0.3, -0.25) is 14.7 Å². The fourth-order valence-corrected chi connectivity index (χ4v) is 3.60. The number of rotatable bonds is 6. The van der Waals surface area contributed by atoms with E-state index in [-0.39, 0.29) is 11.8 Å². The number of H-pyrrole nitrogens is 1. The Kier molecular flexibility index (Phi) is 6.27. The largest absolute Gasteiger partial charge is 0.339 e. The second kappa shape index (κ2) is 8.84. The smallest absolute Gasteiger partial charge is 0.276 e. The predicted molar refractivity (Wildman–Crippen MR) is 106 cm³/mol. The van der Waals surface area contributed by atoms with E-state index in [9.17, 15) is 9.59 Å². The van der Waals surface area contributed by atoms with Gasteiger partial charge in [-0.25, -0.2) is 0 Å². The lowest BCUT2D eigenvalue weighted by Gasteiger charge is -2.31. The molecule has 0 saturated heterocycles. The van der Waals surface area contributed by atoms with E-state index < -0.39 is 0 Å². The van der Waals surface area contributed by atoms with E-state index in [1.165, 1.54) is 19.3 Å². The molecule has 2 aromatic rings. The first-order valence-corrected chi connectivity index (χ1v) is 9.81. The van der Waals surface area contributed by atoms with Gasteiger partial charge in [-0.1, -0.05) is 32.6 Å². The summed E-state index contributed by atoms with van der Waals surface area (Å²) >= 11 is 0. The zero-order chi connectivity index (χ0) is 19.2. The summed E-state index contributed by atoms with van der Waals surface area (Å²) in [4.78, 5) is 26.9. The summed E-state index contributed by atoms with van der Waals surface area (Å²) in [6.07, 6.45) is 7.68. The first-order valence-electron chi connectivity index (χ1n) is 9.81. The third-order valence-electron chi connectivity index (χ3n) is 5.22. The molecule has 1 aliphatic carbocycles. The van der Waals surface area contributed by atoms with Gasteiger partial charge in [0.1, 0.15) is 0 Å². The third-order valence-corrected chi connectivity index (χ3v) is 5.22. The van der Waals surface area contributed by atoms with Gasteiger partial charge in [0, 0.05) is 30.0 Å². The van der Waals surface area contributed by atoms with Crippen molar-refractivity contribution in [2.75, 3.05) is 12.4 Å². The van der Waals surface area contributed by atoms with E-state index in [4.69, 9.17) is 0 Å². The molecule has 1 aromatic carbocycles. The van der Waals surface area contributed by atoms with Crippen LogP contribution in [0, 0.1) is 0 Å². The molecule has 1 fully saturated rings. The van der Waals surface area contributed by atoms with Crippen LogP contribution in [-0.2, 0) is 6.42 Å². The summed E-state index contributed by atoms with van der Waals surface area (Å²) in [7, 11) is 1.89. The highest BCUT2D eigenvalue weighted by Gasteiger charge is 2.23. The van der Waals surface area contributed by atoms with Crippen LogP contribution >= 0.6 is 0 Å². The molecular formula is C21H28N4O2. The summed E-state index contributed by atoms with van der Waals surface area (Å²) in [5.41, 5.74) is 2.62. The lowest BCUT2D eigenvalue weighted by Crippen LogP contribution is -2.38. The average molecular weight is 368 g/mol. The molecule has 0 spiro atoms. The van der Waals surface area contributed by atoms with Gasteiger partial charge < -0.3 is 10.2 Å². The molecule has 1 aliphatic rings. The Morgan fingerprint density at radius 3 is 2.56 bits per heavy atom. The summed E-state index contributed by atoms with van der Waals surface area (Å²) < 4.78 is 0. The summed E-state index contributed by atoms with van der Waals surface area (Å²) in [6.45, 7) is 2.08. The van der Waals surface area contributed by atoms with Crippen LogP contribution in [0.5, 0.6) is 0 Å².